The van der Waals surface area contributed by atoms with Gasteiger partial charge < -0.3 is 20.6 Å². The summed E-state index contributed by atoms with van der Waals surface area (Å²) in [5.74, 6) is -1.23. The van der Waals surface area contributed by atoms with Gasteiger partial charge in [-0.1, -0.05) is 20.8 Å². The van der Waals surface area contributed by atoms with Crippen LogP contribution in [0.4, 0.5) is 4.79 Å². The molecule has 7 heteroatoms. The van der Waals surface area contributed by atoms with Crippen molar-refractivity contribution < 1.29 is 19.5 Å². The van der Waals surface area contributed by atoms with Gasteiger partial charge in [0, 0.05) is 19.1 Å². The summed E-state index contributed by atoms with van der Waals surface area (Å²) in [7, 11) is 1.50. The molecule has 0 saturated heterocycles. The third-order valence-electron chi connectivity index (χ3n) is 2.90. The number of carboxylic acid groups (broad SMARTS) is 1. The lowest BCUT2D eigenvalue weighted by Crippen LogP contribution is -2.51. The maximum absolute atomic E-state index is 12.0. The molecule has 1 unspecified atom stereocenters. The van der Waals surface area contributed by atoms with Crippen molar-refractivity contribution in [2.24, 2.45) is 5.41 Å². The molecule has 0 heterocycles. The second kappa shape index (κ2) is 7.85. The first kappa shape index (κ1) is 19.2. The summed E-state index contributed by atoms with van der Waals surface area (Å²) in [6.45, 7) is 9.15. The Morgan fingerprint density at radius 2 is 1.67 bits per heavy atom. The molecule has 122 valence electrons. The van der Waals surface area contributed by atoms with E-state index in [1.54, 1.807) is 0 Å². The van der Waals surface area contributed by atoms with Crippen molar-refractivity contribution in [3.8, 4) is 0 Å². The topological polar surface area (TPSA) is 98.7 Å². The molecule has 0 aliphatic rings. The molecule has 0 spiro atoms. The molecule has 3 amide bonds. The van der Waals surface area contributed by atoms with Crippen molar-refractivity contribution in [2.75, 3.05) is 13.6 Å². The number of carbonyl (C=O) groups is 3. The quantitative estimate of drug-likeness (QED) is 0.682. The Balaban J connectivity index is 4.61. The Labute approximate surface area is 126 Å². The van der Waals surface area contributed by atoms with Gasteiger partial charge in [-0.2, -0.15) is 0 Å². The fourth-order valence-corrected chi connectivity index (χ4v) is 1.66. The van der Waals surface area contributed by atoms with E-state index in [9.17, 15) is 14.4 Å². The summed E-state index contributed by atoms with van der Waals surface area (Å²) in [5, 5.41) is 14.3. The van der Waals surface area contributed by atoms with E-state index in [4.69, 9.17) is 5.11 Å². The largest absolute Gasteiger partial charge is 0.481 e. The van der Waals surface area contributed by atoms with Gasteiger partial charge in [-0.25, -0.2) is 4.79 Å². The van der Waals surface area contributed by atoms with E-state index in [1.165, 1.54) is 11.9 Å². The normalized spacial score (nSPS) is 12.7. The van der Waals surface area contributed by atoms with E-state index < -0.39 is 23.5 Å². The molecular weight excluding hydrogens is 274 g/mol. The maximum Gasteiger partial charge on any atom is 0.317 e. The second-order valence-corrected chi connectivity index (χ2v) is 6.54. The zero-order valence-electron chi connectivity index (χ0n) is 13.7. The van der Waals surface area contributed by atoms with Gasteiger partial charge in [-0.15, -0.1) is 0 Å². The Kier molecular flexibility index (Phi) is 7.18. The van der Waals surface area contributed by atoms with Crippen molar-refractivity contribution >= 4 is 17.9 Å². The van der Waals surface area contributed by atoms with Crippen LogP contribution < -0.4 is 10.6 Å². The highest BCUT2D eigenvalue weighted by atomic mass is 16.4. The van der Waals surface area contributed by atoms with Crippen molar-refractivity contribution in [3.05, 3.63) is 0 Å². The molecule has 3 N–H and O–H groups in total. The third kappa shape index (κ3) is 8.16. The lowest BCUT2D eigenvalue weighted by atomic mass is 9.85. The van der Waals surface area contributed by atoms with Crippen LogP contribution in [0.2, 0.25) is 0 Å². The van der Waals surface area contributed by atoms with Crippen molar-refractivity contribution in [1.82, 2.24) is 15.5 Å². The minimum Gasteiger partial charge on any atom is -0.481 e. The Morgan fingerprint density at radius 3 is 2.05 bits per heavy atom. The number of nitrogens with zero attached hydrogens (tertiary/aromatic N) is 1. The fraction of sp³-hybridized carbons (Fsp3) is 0.786. The Morgan fingerprint density at radius 1 is 1.14 bits per heavy atom. The lowest BCUT2D eigenvalue weighted by molar-refractivity contribution is -0.138. The van der Waals surface area contributed by atoms with Crippen molar-refractivity contribution in [3.63, 3.8) is 0 Å². The molecule has 0 fully saturated rings. The van der Waals surface area contributed by atoms with Crippen LogP contribution in [-0.4, -0.2) is 53.6 Å². The van der Waals surface area contributed by atoms with E-state index in [0.717, 1.165) is 0 Å². The van der Waals surface area contributed by atoms with Crippen LogP contribution in [0.3, 0.4) is 0 Å². The zero-order valence-corrected chi connectivity index (χ0v) is 13.7. The summed E-state index contributed by atoms with van der Waals surface area (Å²) >= 11 is 0. The van der Waals surface area contributed by atoms with Gasteiger partial charge in [0.05, 0.1) is 6.42 Å². The summed E-state index contributed by atoms with van der Waals surface area (Å²) in [5.41, 5.74) is -0.394. The number of likely N-dealkylation sites (N-methyl/N-ethyl adjacent to an activating group) is 1. The molecule has 0 aromatic carbocycles. The van der Waals surface area contributed by atoms with Crippen LogP contribution in [0, 0.1) is 5.41 Å². The van der Waals surface area contributed by atoms with E-state index in [2.05, 4.69) is 10.6 Å². The van der Waals surface area contributed by atoms with E-state index in [-0.39, 0.29) is 24.9 Å². The molecule has 0 aliphatic heterocycles. The fourth-order valence-electron chi connectivity index (χ4n) is 1.66. The Hall–Kier alpha value is -1.79. The van der Waals surface area contributed by atoms with Crippen molar-refractivity contribution in [1.29, 1.82) is 0 Å². The Bertz CT molecular complexity index is 388. The third-order valence-corrected chi connectivity index (χ3v) is 2.90. The number of aliphatic carboxylic acids is 1. The average molecular weight is 301 g/mol. The van der Waals surface area contributed by atoms with Crippen LogP contribution >= 0.6 is 0 Å². The number of carboxylic acids is 1. The number of rotatable bonds is 6. The maximum atomic E-state index is 12.0. The van der Waals surface area contributed by atoms with Gasteiger partial charge in [0.25, 0.3) is 0 Å². The second-order valence-electron chi connectivity index (χ2n) is 6.54. The van der Waals surface area contributed by atoms with Crippen LogP contribution in [0.25, 0.3) is 0 Å². The van der Waals surface area contributed by atoms with Gasteiger partial charge in [-0.05, 0) is 19.3 Å². The van der Waals surface area contributed by atoms with Gasteiger partial charge in [0.2, 0.25) is 5.91 Å². The van der Waals surface area contributed by atoms with E-state index >= 15 is 0 Å². The number of hydrogen-bond donors (Lipinski definition) is 3. The minimum atomic E-state index is -0.976. The molecule has 0 aliphatic carbocycles. The molecule has 0 rings (SSSR count). The summed E-state index contributed by atoms with van der Waals surface area (Å²) in [6, 6.07) is -0.975. The highest BCUT2D eigenvalue weighted by Gasteiger charge is 2.29. The van der Waals surface area contributed by atoms with Crippen molar-refractivity contribution in [2.45, 2.75) is 53.1 Å². The predicted octanol–water partition coefficient (Wildman–Crippen LogP) is 1.04. The number of carbonyl (C=O) groups excluding carboxylic acids is 2. The lowest BCUT2D eigenvalue weighted by Gasteiger charge is -2.32. The highest BCUT2D eigenvalue weighted by molar-refractivity contribution is 5.84. The summed E-state index contributed by atoms with van der Waals surface area (Å²) in [6.07, 6.45) is -0.165. The average Bonchev–Trinajstić information content (AvgIpc) is 2.24. The van der Waals surface area contributed by atoms with Gasteiger partial charge in [0.1, 0.15) is 6.54 Å². The first-order chi connectivity index (χ1) is 9.43. The highest BCUT2D eigenvalue weighted by Crippen LogP contribution is 2.22. The standard InChI is InChI=1S/C14H27N3O4/c1-9(2)15-11(18)8-17(6)13(21)16-10(7-12(19)20)14(3,4)5/h9-10H,7-8H2,1-6H3,(H,15,18)(H,16,21)(H,19,20). The number of nitrogens with one attached hydrogen (secondary N) is 2. The van der Waals surface area contributed by atoms with Crippen LogP contribution in [0.1, 0.15) is 41.0 Å². The predicted molar refractivity (Wildman–Crippen MR) is 79.9 cm³/mol. The zero-order chi connectivity index (χ0) is 16.8. The first-order valence-electron chi connectivity index (χ1n) is 6.96. The van der Waals surface area contributed by atoms with Gasteiger partial charge in [0.15, 0.2) is 0 Å². The number of hydrogen-bond acceptors (Lipinski definition) is 3. The van der Waals surface area contributed by atoms with E-state index in [1.807, 2.05) is 34.6 Å². The summed E-state index contributed by atoms with van der Waals surface area (Å²) in [4.78, 5) is 35.8. The molecule has 7 nitrogen and oxygen atoms in total. The SMILES string of the molecule is CC(C)NC(=O)CN(C)C(=O)NC(CC(=O)O)C(C)(C)C. The van der Waals surface area contributed by atoms with Gasteiger partial charge in [-0.3, -0.25) is 9.59 Å². The molecule has 1 atom stereocenters. The molecule has 21 heavy (non-hydrogen) atoms. The summed E-state index contributed by atoms with van der Waals surface area (Å²) < 4.78 is 0. The number of amides is 3. The van der Waals surface area contributed by atoms with Crippen LogP contribution in [0.15, 0.2) is 0 Å². The smallest absolute Gasteiger partial charge is 0.317 e. The molecule has 0 bridgehead atoms. The minimum absolute atomic E-state index is 0.00305. The molecule has 0 saturated carbocycles. The monoisotopic (exact) mass is 301 g/mol. The molecule has 0 aromatic rings. The number of urea groups is 1. The van der Waals surface area contributed by atoms with Crippen LogP contribution in [0.5, 0.6) is 0 Å². The van der Waals surface area contributed by atoms with E-state index in [0.29, 0.717) is 0 Å². The molecule has 0 radical (unpaired) electrons. The van der Waals surface area contributed by atoms with Crippen LogP contribution in [-0.2, 0) is 9.59 Å². The molecular formula is C14H27N3O4. The van der Waals surface area contributed by atoms with Gasteiger partial charge >= 0.3 is 12.0 Å². The molecule has 0 aromatic heterocycles. The first-order valence-corrected chi connectivity index (χ1v) is 6.96.